The summed E-state index contributed by atoms with van der Waals surface area (Å²) < 4.78 is 29.1. The number of benzene rings is 1. The lowest BCUT2D eigenvalue weighted by Gasteiger charge is -2.40. The third-order valence-corrected chi connectivity index (χ3v) is 5.87. The predicted molar refractivity (Wildman–Crippen MR) is 105 cm³/mol. The molecule has 5 nitrogen and oxygen atoms in total. The summed E-state index contributed by atoms with van der Waals surface area (Å²) in [7, 11) is 2.21. The summed E-state index contributed by atoms with van der Waals surface area (Å²) in [6, 6.07) is 7.24. The number of ether oxygens (including phenoxy) is 1. The van der Waals surface area contributed by atoms with Gasteiger partial charge >= 0.3 is 6.61 Å². The molecule has 2 aliphatic heterocycles. The van der Waals surface area contributed by atoms with E-state index in [1.54, 1.807) is 12.1 Å². The van der Waals surface area contributed by atoms with Crippen LogP contribution in [0.3, 0.4) is 0 Å². The summed E-state index contributed by atoms with van der Waals surface area (Å²) in [5, 5.41) is 0. The summed E-state index contributed by atoms with van der Waals surface area (Å²) in [5.74, 6) is 0.274. The third-order valence-electron chi connectivity index (χ3n) is 5.87. The largest absolute Gasteiger partial charge is 0.435 e. The molecule has 1 aromatic carbocycles. The Balaban J connectivity index is 1.40. The average Bonchev–Trinajstić information content (AvgIpc) is 2.68. The van der Waals surface area contributed by atoms with Gasteiger partial charge in [0.25, 0.3) is 0 Å². The Kier molecular flexibility index (Phi) is 7.62. The van der Waals surface area contributed by atoms with E-state index in [-0.39, 0.29) is 11.7 Å². The van der Waals surface area contributed by atoms with Crippen LogP contribution in [0.1, 0.15) is 31.2 Å². The number of likely N-dealkylation sites (N-methyl/N-ethyl adjacent to an activating group) is 1. The smallest absolute Gasteiger partial charge is 0.387 e. The van der Waals surface area contributed by atoms with E-state index in [0.29, 0.717) is 18.9 Å². The second kappa shape index (κ2) is 10.2. The number of hydrogen-bond acceptors (Lipinski definition) is 4. The molecular formula is C21H31F2N3O2. The average molecular weight is 395 g/mol. The zero-order valence-electron chi connectivity index (χ0n) is 16.7. The van der Waals surface area contributed by atoms with Crippen molar-refractivity contribution in [2.45, 2.75) is 44.8 Å². The Morgan fingerprint density at radius 1 is 1.18 bits per heavy atom. The van der Waals surface area contributed by atoms with Crippen molar-refractivity contribution < 1.29 is 18.3 Å². The Morgan fingerprint density at radius 2 is 1.96 bits per heavy atom. The first-order valence-electron chi connectivity index (χ1n) is 10.3. The van der Waals surface area contributed by atoms with E-state index in [2.05, 4.69) is 21.6 Å². The molecule has 2 saturated heterocycles. The van der Waals surface area contributed by atoms with E-state index in [4.69, 9.17) is 0 Å². The lowest BCUT2D eigenvalue weighted by molar-refractivity contribution is -0.133. The highest BCUT2D eigenvalue weighted by Gasteiger charge is 2.25. The summed E-state index contributed by atoms with van der Waals surface area (Å²) >= 11 is 0. The van der Waals surface area contributed by atoms with Crippen LogP contribution in [0.15, 0.2) is 24.3 Å². The van der Waals surface area contributed by atoms with Gasteiger partial charge < -0.3 is 14.5 Å². The van der Waals surface area contributed by atoms with E-state index >= 15 is 0 Å². The Morgan fingerprint density at radius 3 is 2.68 bits per heavy atom. The van der Waals surface area contributed by atoms with E-state index in [0.717, 1.165) is 38.3 Å². The number of halogens is 2. The second-order valence-electron chi connectivity index (χ2n) is 7.84. The molecule has 0 aliphatic carbocycles. The number of carbonyl (C=O) groups excluding carboxylic acids is 1. The van der Waals surface area contributed by atoms with Gasteiger partial charge in [0.05, 0.1) is 0 Å². The standard InChI is InChI=1S/C21H31F2N3O2/c1-24-10-3-2-6-18(24)16-25-11-13-26(14-12-25)20(27)9-8-17-5-4-7-19(15-17)28-21(22)23/h4-5,7,15,18,21H,2-3,6,8-14,16H2,1H3. The number of rotatable bonds is 7. The molecule has 7 heteroatoms. The molecule has 0 N–H and O–H groups in total. The number of piperidine rings is 1. The minimum atomic E-state index is -2.83. The summed E-state index contributed by atoms with van der Waals surface area (Å²) in [6.07, 6.45) is 4.81. The topological polar surface area (TPSA) is 36.0 Å². The fourth-order valence-electron chi connectivity index (χ4n) is 4.14. The number of nitrogens with zero attached hydrogens (tertiary/aromatic N) is 3. The number of aryl methyl sites for hydroxylation is 1. The fraction of sp³-hybridized carbons (Fsp3) is 0.667. The third kappa shape index (κ3) is 6.14. The minimum absolute atomic E-state index is 0.134. The highest BCUT2D eigenvalue weighted by molar-refractivity contribution is 5.76. The summed E-state index contributed by atoms with van der Waals surface area (Å²) in [6.45, 7) is 2.83. The predicted octanol–water partition coefficient (Wildman–Crippen LogP) is 2.85. The van der Waals surface area contributed by atoms with Crippen LogP contribution in [0.25, 0.3) is 0 Å². The van der Waals surface area contributed by atoms with Crippen LogP contribution in [0.2, 0.25) is 0 Å². The van der Waals surface area contributed by atoms with Crippen LogP contribution in [0.5, 0.6) is 5.75 Å². The molecule has 0 radical (unpaired) electrons. The van der Waals surface area contributed by atoms with Gasteiger partial charge in [0.2, 0.25) is 5.91 Å². The van der Waals surface area contributed by atoms with Crippen molar-refractivity contribution >= 4 is 5.91 Å². The molecule has 28 heavy (non-hydrogen) atoms. The van der Waals surface area contributed by atoms with E-state index in [9.17, 15) is 13.6 Å². The molecule has 1 aromatic rings. The molecule has 2 heterocycles. The monoisotopic (exact) mass is 395 g/mol. The summed E-state index contributed by atoms with van der Waals surface area (Å²) in [4.78, 5) is 19.4. The van der Waals surface area contributed by atoms with Crippen molar-refractivity contribution in [2.75, 3.05) is 46.3 Å². The number of likely N-dealkylation sites (tertiary alicyclic amines) is 1. The van der Waals surface area contributed by atoms with E-state index < -0.39 is 6.61 Å². The van der Waals surface area contributed by atoms with Crippen LogP contribution >= 0.6 is 0 Å². The van der Waals surface area contributed by atoms with Gasteiger partial charge in [-0.3, -0.25) is 9.69 Å². The molecule has 0 spiro atoms. The van der Waals surface area contributed by atoms with Crippen LogP contribution in [-0.4, -0.2) is 79.6 Å². The number of piperazine rings is 1. The molecule has 2 fully saturated rings. The first kappa shape index (κ1) is 21.0. The first-order chi connectivity index (χ1) is 13.5. The number of alkyl halides is 2. The maximum Gasteiger partial charge on any atom is 0.387 e. The van der Waals surface area contributed by atoms with E-state index in [1.165, 1.54) is 31.9 Å². The van der Waals surface area contributed by atoms with Gasteiger partial charge in [-0.25, -0.2) is 0 Å². The quantitative estimate of drug-likeness (QED) is 0.711. The Bertz CT molecular complexity index is 636. The van der Waals surface area contributed by atoms with Crippen molar-refractivity contribution in [3.63, 3.8) is 0 Å². The molecule has 1 unspecified atom stereocenters. The molecule has 0 aromatic heterocycles. The van der Waals surface area contributed by atoms with Gasteiger partial charge in [0.15, 0.2) is 0 Å². The van der Waals surface area contributed by atoms with Crippen LogP contribution in [0, 0.1) is 0 Å². The summed E-state index contributed by atoms with van der Waals surface area (Å²) in [5.41, 5.74) is 0.838. The Hall–Kier alpha value is -1.73. The van der Waals surface area contributed by atoms with Gasteiger partial charge in [-0.15, -0.1) is 0 Å². The van der Waals surface area contributed by atoms with E-state index in [1.807, 2.05) is 11.0 Å². The normalized spacial score (nSPS) is 21.9. The lowest BCUT2D eigenvalue weighted by Crippen LogP contribution is -2.53. The minimum Gasteiger partial charge on any atom is -0.435 e. The SMILES string of the molecule is CN1CCCCC1CN1CCN(C(=O)CCc2cccc(OC(F)F)c2)CC1. The van der Waals surface area contributed by atoms with Crippen molar-refractivity contribution in [2.24, 2.45) is 0 Å². The Labute approximate surface area is 166 Å². The van der Waals surface area contributed by atoms with Crippen LogP contribution in [-0.2, 0) is 11.2 Å². The highest BCUT2D eigenvalue weighted by atomic mass is 19.3. The highest BCUT2D eigenvalue weighted by Crippen LogP contribution is 2.19. The van der Waals surface area contributed by atoms with Gasteiger partial charge in [-0.2, -0.15) is 8.78 Å². The molecule has 3 rings (SSSR count). The molecule has 1 atom stereocenters. The second-order valence-corrected chi connectivity index (χ2v) is 7.84. The molecule has 156 valence electrons. The maximum absolute atomic E-state index is 12.5. The fourth-order valence-corrected chi connectivity index (χ4v) is 4.14. The number of carbonyl (C=O) groups is 1. The number of hydrogen-bond donors (Lipinski definition) is 0. The van der Waals surface area contributed by atoms with Gasteiger partial charge in [-0.1, -0.05) is 18.6 Å². The van der Waals surface area contributed by atoms with Crippen molar-refractivity contribution in [3.8, 4) is 5.75 Å². The molecule has 0 saturated carbocycles. The van der Waals surface area contributed by atoms with Crippen LogP contribution < -0.4 is 4.74 Å². The van der Waals surface area contributed by atoms with Gasteiger partial charge in [0.1, 0.15) is 5.75 Å². The lowest BCUT2D eigenvalue weighted by atomic mass is 10.0. The van der Waals surface area contributed by atoms with Crippen molar-refractivity contribution in [1.29, 1.82) is 0 Å². The molecular weight excluding hydrogens is 364 g/mol. The van der Waals surface area contributed by atoms with Gasteiger partial charge in [0, 0.05) is 45.2 Å². The number of amides is 1. The van der Waals surface area contributed by atoms with Crippen LogP contribution in [0.4, 0.5) is 8.78 Å². The van der Waals surface area contributed by atoms with Gasteiger partial charge in [-0.05, 0) is 50.6 Å². The van der Waals surface area contributed by atoms with Crippen molar-refractivity contribution in [3.05, 3.63) is 29.8 Å². The first-order valence-corrected chi connectivity index (χ1v) is 10.3. The zero-order chi connectivity index (χ0) is 19.9. The molecule has 1 amide bonds. The zero-order valence-corrected chi connectivity index (χ0v) is 16.7. The molecule has 2 aliphatic rings. The van der Waals surface area contributed by atoms with Crippen molar-refractivity contribution in [1.82, 2.24) is 14.7 Å². The maximum atomic E-state index is 12.5. The molecule has 0 bridgehead atoms.